The van der Waals surface area contributed by atoms with Crippen LogP contribution >= 0.6 is 0 Å². The largest absolute Gasteiger partial charge is 0.593 e. The molecule has 0 saturated heterocycles. The van der Waals surface area contributed by atoms with Crippen molar-refractivity contribution in [3.63, 3.8) is 0 Å². The highest BCUT2D eigenvalue weighted by Crippen LogP contribution is 2.12. The summed E-state index contributed by atoms with van der Waals surface area (Å²) in [5, 5.41) is 4.87. The van der Waals surface area contributed by atoms with Crippen LogP contribution in [0.5, 0.6) is 0 Å². The monoisotopic (exact) mass is 177 g/mol. The van der Waals surface area contributed by atoms with Crippen molar-refractivity contribution in [2.45, 2.75) is 4.90 Å². The second-order valence-electron chi connectivity index (χ2n) is 1.87. The van der Waals surface area contributed by atoms with E-state index in [9.17, 15) is 13.3 Å². The number of hydrogen-bond acceptors (Lipinski definition) is 2. The highest BCUT2D eigenvalue weighted by molar-refractivity contribution is 7.89. The molecule has 0 saturated carbocycles. The molecule has 1 unspecified atom stereocenters. The third-order valence-electron chi connectivity index (χ3n) is 1.11. The number of rotatable bonds is 1. The van der Waals surface area contributed by atoms with Crippen LogP contribution in [0.3, 0.4) is 0 Å². The Morgan fingerprint density at radius 3 is 2.45 bits per heavy atom. The first kappa shape index (κ1) is 8.45. The van der Waals surface area contributed by atoms with Crippen molar-refractivity contribution in [2.24, 2.45) is 5.14 Å². The Bertz CT molecular complexity index is 267. The predicted octanol–water partition coefficient (Wildman–Crippen LogP) is 0.946. The lowest BCUT2D eigenvalue weighted by Gasteiger charge is -2.02. The van der Waals surface area contributed by atoms with Gasteiger partial charge in [-0.15, -0.1) is 5.14 Å². The van der Waals surface area contributed by atoms with Gasteiger partial charge >= 0.3 is 0 Å². The molecule has 2 N–H and O–H groups in total. The van der Waals surface area contributed by atoms with E-state index in [1.54, 1.807) is 0 Å². The minimum Gasteiger partial charge on any atom is -0.593 e. The summed E-state index contributed by atoms with van der Waals surface area (Å²) >= 11 is -1.89. The Hall–Kier alpha value is -0.650. The second-order valence-corrected chi connectivity index (χ2v) is 2.91. The van der Waals surface area contributed by atoms with E-state index in [0.717, 1.165) is 12.1 Å². The maximum absolute atomic E-state index is 12.6. The molecule has 0 aliphatic heterocycles. The Labute approximate surface area is 65.3 Å². The zero-order chi connectivity index (χ0) is 8.43. The lowest BCUT2D eigenvalue weighted by molar-refractivity contribution is 0.549. The average Bonchev–Trinajstić information content (AvgIpc) is 1.85. The molecule has 0 heterocycles. The summed E-state index contributed by atoms with van der Waals surface area (Å²) in [6.07, 6.45) is 0. The molecule has 1 aromatic rings. The molecular weight excluding hydrogens is 172 g/mol. The van der Waals surface area contributed by atoms with Gasteiger partial charge in [-0.2, -0.15) is 0 Å². The number of hydrogen-bond donors (Lipinski definition) is 1. The van der Waals surface area contributed by atoms with E-state index in [4.69, 9.17) is 5.14 Å². The van der Waals surface area contributed by atoms with E-state index < -0.39 is 23.0 Å². The minimum atomic E-state index is -1.89. The Balaban J connectivity index is 3.09. The quantitative estimate of drug-likeness (QED) is 0.649. The molecule has 5 heteroatoms. The fourth-order valence-electron chi connectivity index (χ4n) is 0.638. The Kier molecular flexibility index (Phi) is 2.43. The van der Waals surface area contributed by atoms with Crippen LogP contribution in [0.15, 0.2) is 23.1 Å². The standard InChI is InChI=1S/C6H5F2NOS/c7-4-1-2-6(11(9)10)5(8)3-4/h1-3H,9H2. The highest BCUT2D eigenvalue weighted by atomic mass is 32.2. The van der Waals surface area contributed by atoms with Gasteiger partial charge in [-0.3, -0.25) is 0 Å². The van der Waals surface area contributed by atoms with E-state index in [1.165, 1.54) is 0 Å². The van der Waals surface area contributed by atoms with E-state index in [2.05, 4.69) is 0 Å². The van der Waals surface area contributed by atoms with Crippen LogP contribution in [0, 0.1) is 11.6 Å². The smallest absolute Gasteiger partial charge is 0.209 e. The average molecular weight is 177 g/mol. The second kappa shape index (κ2) is 3.17. The predicted molar refractivity (Wildman–Crippen MR) is 37.0 cm³/mol. The summed E-state index contributed by atoms with van der Waals surface area (Å²) in [5.41, 5.74) is 0. The van der Waals surface area contributed by atoms with Crippen molar-refractivity contribution in [3.05, 3.63) is 29.8 Å². The van der Waals surface area contributed by atoms with Crippen LogP contribution in [0.2, 0.25) is 0 Å². The number of benzene rings is 1. The highest BCUT2D eigenvalue weighted by Gasteiger charge is 2.12. The molecule has 0 aliphatic rings. The third-order valence-corrected chi connectivity index (χ3v) is 1.88. The van der Waals surface area contributed by atoms with Crippen LogP contribution in [0.25, 0.3) is 0 Å². The number of nitrogens with two attached hydrogens (primary N) is 1. The topological polar surface area (TPSA) is 49.1 Å². The molecule has 0 bridgehead atoms. The zero-order valence-corrected chi connectivity index (χ0v) is 6.20. The summed E-state index contributed by atoms with van der Waals surface area (Å²) in [7, 11) is 0. The molecule has 1 rings (SSSR count). The van der Waals surface area contributed by atoms with Crippen LogP contribution in [0.1, 0.15) is 0 Å². The van der Waals surface area contributed by atoms with Gasteiger partial charge in [0.1, 0.15) is 5.82 Å². The molecular formula is C6H5F2NOS. The lowest BCUT2D eigenvalue weighted by Crippen LogP contribution is -2.14. The first-order valence-electron chi connectivity index (χ1n) is 2.72. The van der Waals surface area contributed by atoms with Crippen molar-refractivity contribution in [2.75, 3.05) is 0 Å². The van der Waals surface area contributed by atoms with Gasteiger partial charge in [0.05, 0.1) is 11.4 Å². The summed E-state index contributed by atoms with van der Waals surface area (Å²) < 4.78 is 35.3. The third kappa shape index (κ3) is 1.89. The van der Waals surface area contributed by atoms with Gasteiger partial charge in [0.2, 0.25) is 4.90 Å². The SMILES string of the molecule is N[S+]([O-])c1ccc(F)cc1F. The molecule has 2 nitrogen and oxygen atoms in total. The molecule has 1 atom stereocenters. The van der Waals surface area contributed by atoms with Crippen molar-refractivity contribution in [3.8, 4) is 0 Å². The van der Waals surface area contributed by atoms with Crippen LogP contribution in [0.4, 0.5) is 8.78 Å². The van der Waals surface area contributed by atoms with E-state index in [-0.39, 0.29) is 4.90 Å². The fourth-order valence-corrected chi connectivity index (χ4v) is 1.09. The summed E-state index contributed by atoms with van der Waals surface area (Å²) in [4.78, 5) is -0.189. The van der Waals surface area contributed by atoms with Gasteiger partial charge in [-0.05, 0) is 6.07 Å². The van der Waals surface area contributed by atoms with Gasteiger partial charge in [-0.1, -0.05) is 0 Å². The first-order valence-corrected chi connectivity index (χ1v) is 3.94. The van der Waals surface area contributed by atoms with E-state index in [1.807, 2.05) is 0 Å². The molecule has 0 spiro atoms. The summed E-state index contributed by atoms with van der Waals surface area (Å²) in [6.45, 7) is 0. The maximum Gasteiger partial charge on any atom is 0.209 e. The number of halogens is 2. The lowest BCUT2D eigenvalue weighted by atomic mass is 10.3. The van der Waals surface area contributed by atoms with Crippen molar-refractivity contribution >= 4 is 11.4 Å². The fraction of sp³-hybridized carbons (Fsp3) is 0. The van der Waals surface area contributed by atoms with Crippen LogP contribution < -0.4 is 5.14 Å². The Morgan fingerprint density at radius 2 is 2.00 bits per heavy atom. The molecule has 0 fully saturated rings. The zero-order valence-electron chi connectivity index (χ0n) is 5.38. The van der Waals surface area contributed by atoms with Crippen molar-refractivity contribution < 1.29 is 13.3 Å². The van der Waals surface area contributed by atoms with Gasteiger partial charge in [0.15, 0.2) is 5.82 Å². The molecule has 60 valence electrons. The molecule has 11 heavy (non-hydrogen) atoms. The van der Waals surface area contributed by atoms with Crippen LogP contribution in [-0.4, -0.2) is 4.55 Å². The molecule has 0 amide bonds. The Morgan fingerprint density at radius 1 is 1.36 bits per heavy atom. The summed E-state index contributed by atoms with van der Waals surface area (Å²) in [6, 6.07) is 2.70. The molecule has 0 aromatic heterocycles. The van der Waals surface area contributed by atoms with Crippen molar-refractivity contribution in [1.82, 2.24) is 0 Å². The van der Waals surface area contributed by atoms with Gasteiger partial charge in [0.25, 0.3) is 0 Å². The normalized spacial score (nSPS) is 13.1. The minimum absolute atomic E-state index is 0.189. The van der Waals surface area contributed by atoms with Crippen molar-refractivity contribution in [1.29, 1.82) is 0 Å². The molecule has 0 radical (unpaired) electrons. The maximum atomic E-state index is 12.6. The van der Waals surface area contributed by atoms with Gasteiger partial charge < -0.3 is 4.55 Å². The first-order chi connectivity index (χ1) is 5.11. The van der Waals surface area contributed by atoms with Gasteiger partial charge in [0, 0.05) is 12.1 Å². The van der Waals surface area contributed by atoms with Gasteiger partial charge in [-0.25, -0.2) is 8.78 Å². The summed E-state index contributed by atoms with van der Waals surface area (Å²) in [5.74, 6) is -1.59. The van der Waals surface area contributed by atoms with E-state index in [0.29, 0.717) is 6.07 Å². The molecule has 0 aliphatic carbocycles. The molecule has 1 aromatic carbocycles. The van der Waals surface area contributed by atoms with Crippen LogP contribution in [-0.2, 0) is 11.4 Å². The van der Waals surface area contributed by atoms with E-state index >= 15 is 0 Å².